The molecule has 1 saturated carbocycles. The number of carbonyl (C=O) groups excluding carboxylic acids is 1. The van der Waals surface area contributed by atoms with Crippen molar-refractivity contribution in [1.82, 2.24) is 4.72 Å². The zero-order valence-corrected chi connectivity index (χ0v) is 15.1. The fraction of sp³-hybridized carbons (Fsp3) is 0.562. The smallest absolute Gasteiger partial charge is 0.327 e. The minimum atomic E-state index is -4.11. The van der Waals surface area contributed by atoms with E-state index in [4.69, 9.17) is 4.74 Å². The number of sulfonamides is 1. The predicted molar refractivity (Wildman–Crippen MR) is 90.6 cm³/mol. The van der Waals surface area contributed by atoms with E-state index in [1.54, 1.807) is 6.92 Å². The zero-order valence-electron chi connectivity index (χ0n) is 14.3. The van der Waals surface area contributed by atoms with Crippen LogP contribution in [0, 0.1) is 17.0 Å². The van der Waals surface area contributed by atoms with Gasteiger partial charge in [-0.3, -0.25) is 14.9 Å². The zero-order chi connectivity index (χ0) is 18.7. The Kier molecular flexibility index (Phi) is 5.79. The number of nitrogens with zero attached hydrogens (tertiary/aromatic N) is 1. The van der Waals surface area contributed by atoms with Gasteiger partial charge in [0.2, 0.25) is 10.0 Å². The molecule has 0 radical (unpaired) electrons. The van der Waals surface area contributed by atoms with Crippen molar-refractivity contribution in [2.75, 3.05) is 6.61 Å². The van der Waals surface area contributed by atoms with Crippen LogP contribution < -0.4 is 4.72 Å². The van der Waals surface area contributed by atoms with E-state index in [2.05, 4.69) is 4.72 Å². The van der Waals surface area contributed by atoms with Crippen LogP contribution in [0.15, 0.2) is 23.1 Å². The van der Waals surface area contributed by atoms with E-state index in [0.29, 0.717) is 31.2 Å². The molecule has 0 heterocycles. The third kappa shape index (κ3) is 4.16. The van der Waals surface area contributed by atoms with Crippen molar-refractivity contribution >= 4 is 21.7 Å². The Bertz CT molecular complexity index is 769. The highest BCUT2D eigenvalue weighted by atomic mass is 32.2. The van der Waals surface area contributed by atoms with Crippen LogP contribution in [0.5, 0.6) is 0 Å². The van der Waals surface area contributed by atoms with E-state index >= 15 is 0 Å². The molecule has 1 N–H and O–H groups in total. The Labute approximate surface area is 146 Å². The molecule has 1 aliphatic carbocycles. The maximum Gasteiger partial charge on any atom is 0.327 e. The summed E-state index contributed by atoms with van der Waals surface area (Å²) >= 11 is 0. The summed E-state index contributed by atoms with van der Waals surface area (Å²) in [5, 5.41) is 11.1. The fourth-order valence-electron chi connectivity index (χ4n) is 3.04. The van der Waals surface area contributed by atoms with Crippen LogP contribution in [-0.4, -0.2) is 31.5 Å². The first-order valence-electron chi connectivity index (χ1n) is 8.18. The lowest BCUT2D eigenvalue weighted by molar-refractivity contribution is -0.385. The molecule has 2 rings (SSSR count). The number of ether oxygens (including phenoxy) is 1. The number of hydrogen-bond acceptors (Lipinski definition) is 6. The Morgan fingerprint density at radius 2 is 1.96 bits per heavy atom. The number of benzene rings is 1. The maximum atomic E-state index is 12.8. The Morgan fingerprint density at radius 3 is 2.52 bits per heavy atom. The molecule has 9 heteroatoms. The van der Waals surface area contributed by atoms with Crippen LogP contribution in [-0.2, 0) is 19.6 Å². The molecule has 1 aromatic carbocycles. The summed E-state index contributed by atoms with van der Waals surface area (Å²) in [4.78, 5) is 22.6. The molecule has 138 valence electrons. The van der Waals surface area contributed by atoms with Gasteiger partial charge in [-0.1, -0.05) is 25.3 Å². The first kappa shape index (κ1) is 19.3. The van der Waals surface area contributed by atoms with Gasteiger partial charge >= 0.3 is 5.97 Å². The van der Waals surface area contributed by atoms with Crippen molar-refractivity contribution in [3.05, 3.63) is 33.9 Å². The molecule has 8 nitrogen and oxygen atoms in total. The van der Waals surface area contributed by atoms with Crippen LogP contribution in [0.3, 0.4) is 0 Å². The summed E-state index contributed by atoms with van der Waals surface area (Å²) in [5.41, 5.74) is -1.23. The van der Waals surface area contributed by atoms with Gasteiger partial charge in [-0.2, -0.15) is 4.72 Å². The molecule has 0 saturated heterocycles. The van der Waals surface area contributed by atoms with Crippen LogP contribution >= 0.6 is 0 Å². The molecule has 0 unspecified atom stereocenters. The van der Waals surface area contributed by atoms with E-state index in [1.807, 2.05) is 0 Å². The molecule has 0 bridgehead atoms. The normalized spacial score (nSPS) is 17.0. The van der Waals surface area contributed by atoms with Gasteiger partial charge in [-0.05, 0) is 32.8 Å². The second-order valence-electron chi connectivity index (χ2n) is 6.17. The monoisotopic (exact) mass is 370 g/mol. The van der Waals surface area contributed by atoms with Gasteiger partial charge in [0.25, 0.3) is 5.69 Å². The second kappa shape index (κ2) is 7.49. The van der Waals surface area contributed by atoms with Crippen LogP contribution in [0.25, 0.3) is 0 Å². The average Bonchev–Trinajstić information content (AvgIpc) is 2.55. The first-order valence-corrected chi connectivity index (χ1v) is 9.66. The lowest BCUT2D eigenvalue weighted by atomic mass is 9.82. The van der Waals surface area contributed by atoms with Gasteiger partial charge in [0.15, 0.2) is 0 Å². The van der Waals surface area contributed by atoms with Gasteiger partial charge < -0.3 is 4.74 Å². The molecular weight excluding hydrogens is 348 g/mol. The number of aryl methyl sites for hydroxylation is 1. The molecular formula is C16H22N2O6S. The van der Waals surface area contributed by atoms with Gasteiger partial charge in [0.05, 0.1) is 16.4 Å². The second-order valence-corrected chi connectivity index (χ2v) is 7.86. The first-order chi connectivity index (χ1) is 11.7. The maximum absolute atomic E-state index is 12.8. The summed E-state index contributed by atoms with van der Waals surface area (Å²) in [6.45, 7) is 3.34. The number of nitro benzene ring substituents is 1. The summed E-state index contributed by atoms with van der Waals surface area (Å²) in [7, 11) is -4.11. The number of esters is 1. The lowest BCUT2D eigenvalue weighted by Crippen LogP contribution is -2.56. The van der Waals surface area contributed by atoms with Crippen molar-refractivity contribution in [1.29, 1.82) is 0 Å². The van der Waals surface area contributed by atoms with Gasteiger partial charge in [-0.25, -0.2) is 8.42 Å². The highest BCUT2D eigenvalue weighted by Gasteiger charge is 2.44. The molecule has 25 heavy (non-hydrogen) atoms. The Morgan fingerprint density at radius 1 is 1.32 bits per heavy atom. The molecule has 1 aromatic rings. The summed E-state index contributed by atoms with van der Waals surface area (Å²) in [5.74, 6) is -0.597. The Balaban J connectivity index is 2.39. The molecule has 0 amide bonds. The average molecular weight is 370 g/mol. The standard InChI is InChI=1S/C16H22N2O6S/c1-3-24-15(19)16(9-5-4-6-10-16)17-25(22,23)13-8-7-12(2)14(11-13)18(20)21/h7-8,11,17H,3-6,9-10H2,1-2H3. The number of hydrogen-bond donors (Lipinski definition) is 1. The summed E-state index contributed by atoms with van der Waals surface area (Å²) in [6.07, 6.45) is 3.02. The van der Waals surface area contributed by atoms with Gasteiger partial charge in [-0.15, -0.1) is 0 Å². The quantitative estimate of drug-likeness (QED) is 0.467. The van der Waals surface area contributed by atoms with E-state index in [0.717, 1.165) is 12.5 Å². The number of carbonyl (C=O) groups is 1. The number of rotatable bonds is 6. The molecule has 1 fully saturated rings. The van der Waals surface area contributed by atoms with Crippen molar-refractivity contribution in [2.45, 2.75) is 56.4 Å². The van der Waals surface area contributed by atoms with E-state index in [1.165, 1.54) is 19.1 Å². The van der Waals surface area contributed by atoms with E-state index < -0.39 is 26.5 Å². The molecule has 1 aliphatic rings. The fourth-order valence-corrected chi connectivity index (χ4v) is 4.48. The largest absolute Gasteiger partial charge is 0.465 e. The minimum absolute atomic E-state index is 0.151. The molecule has 0 aromatic heterocycles. The Hall–Kier alpha value is -2.00. The van der Waals surface area contributed by atoms with Crippen LogP contribution in [0.1, 0.15) is 44.6 Å². The highest BCUT2D eigenvalue weighted by molar-refractivity contribution is 7.89. The predicted octanol–water partition coefficient (Wildman–Crippen LogP) is 2.45. The van der Waals surface area contributed by atoms with E-state index in [9.17, 15) is 23.3 Å². The van der Waals surface area contributed by atoms with Crippen molar-refractivity contribution in [3.63, 3.8) is 0 Å². The topological polar surface area (TPSA) is 116 Å². The molecule has 0 spiro atoms. The molecule has 0 atom stereocenters. The lowest BCUT2D eigenvalue weighted by Gasteiger charge is -2.35. The minimum Gasteiger partial charge on any atom is -0.465 e. The highest BCUT2D eigenvalue weighted by Crippen LogP contribution is 2.32. The van der Waals surface area contributed by atoms with Crippen molar-refractivity contribution in [3.8, 4) is 0 Å². The summed E-state index contributed by atoms with van der Waals surface area (Å²) in [6, 6.07) is 3.69. The molecule has 0 aliphatic heterocycles. The van der Waals surface area contributed by atoms with Gasteiger partial charge in [0.1, 0.15) is 5.54 Å². The third-order valence-corrected chi connectivity index (χ3v) is 5.92. The SMILES string of the molecule is CCOC(=O)C1(NS(=O)(=O)c2ccc(C)c([N+](=O)[O-])c2)CCCCC1. The van der Waals surface area contributed by atoms with Crippen LogP contribution in [0.4, 0.5) is 5.69 Å². The van der Waals surface area contributed by atoms with E-state index in [-0.39, 0.29) is 17.2 Å². The van der Waals surface area contributed by atoms with Crippen molar-refractivity contribution < 1.29 is 22.9 Å². The summed E-state index contributed by atoms with van der Waals surface area (Å²) < 4.78 is 33.1. The third-order valence-electron chi connectivity index (χ3n) is 4.39. The number of nitrogens with one attached hydrogen (secondary N) is 1. The van der Waals surface area contributed by atoms with Crippen LogP contribution in [0.2, 0.25) is 0 Å². The number of nitro groups is 1. The van der Waals surface area contributed by atoms with Crippen molar-refractivity contribution in [2.24, 2.45) is 0 Å². The van der Waals surface area contributed by atoms with Gasteiger partial charge in [0, 0.05) is 11.6 Å².